The molecule has 0 aliphatic carbocycles. The molecule has 4 heteroatoms. The van der Waals surface area contributed by atoms with Crippen LogP contribution in [0.1, 0.15) is 20.9 Å². The summed E-state index contributed by atoms with van der Waals surface area (Å²) in [4.78, 5) is 20.5. The van der Waals surface area contributed by atoms with Gasteiger partial charge in [-0.15, -0.1) is 11.3 Å². The number of thiazole rings is 1. The van der Waals surface area contributed by atoms with Crippen LogP contribution in [-0.2, 0) is 0 Å². The van der Waals surface area contributed by atoms with Crippen molar-refractivity contribution in [3.05, 3.63) is 58.2 Å². The van der Waals surface area contributed by atoms with E-state index in [0.717, 1.165) is 27.0 Å². The Labute approximate surface area is 114 Å². The highest BCUT2D eigenvalue weighted by atomic mass is 32.1. The van der Waals surface area contributed by atoms with Gasteiger partial charge < -0.3 is 4.98 Å². The molecule has 0 amide bonds. The first kappa shape index (κ1) is 11.9. The third kappa shape index (κ3) is 2.22. The van der Waals surface area contributed by atoms with Crippen LogP contribution in [0.5, 0.6) is 0 Å². The number of hydrogen-bond donors (Lipinski definition) is 1. The van der Waals surface area contributed by atoms with E-state index in [0.29, 0.717) is 0 Å². The fraction of sp³-hybridized carbons (Fsp3) is 0.0667. The van der Waals surface area contributed by atoms with Gasteiger partial charge in [-0.05, 0) is 25.1 Å². The Kier molecular flexibility index (Phi) is 3.01. The molecule has 0 aliphatic heterocycles. The lowest BCUT2D eigenvalue weighted by Gasteiger charge is -1.95. The molecule has 3 nitrogen and oxygen atoms in total. The summed E-state index contributed by atoms with van der Waals surface area (Å²) in [6.45, 7) is 1.92. The number of aromatic amines is 1. The number of carbonyl (C=O) groups is 1. The molecule has 2 aromatic heterocycles. The molecule has 2 heterocycles. The molecule has 94 valence electrons. The zero-order chi connectivity index (χ0) is 13.2. The van der Waals surface area contributed by atoms with Crippen LogP contribution in [0.2, 0.25) is 0 Å². The quantitative estimate of drug-likeness (QED) is 0.579. The standard InChI is InChI=1S/C15H12N2OS/c1-10-15(12-4-2-3-5-13(12)17-10)14(18)7-6-11-8-16-9-19-11/h2-9,17H,1H3/b7-6+. The Hall–Kier alpha value is -2.20. The number of nitrogens with zero attached hydrogens (tertiary/aromatic N) is 1. The van der Waals surface area contributed by atoms with E-state index in [1.54, 1.807) is 23.9 Å². The van der Waals surface area contributed by atoms with Gasteiger partial charge in [0.25, 0.3) is 0 Å². The summed E-state index contributed by atoms with van der Waals surface area (Å²) in [6, 6.07) is 7.84. The normalized spacial score (nSPS) is 11.4. The zero-order valence-electron chi connectivity index (χ0n) is 10.4. The van der Waals surface area contributed by atoms with Crippen molar-refractivity contribution in [3.63, 3.8) is 0 Å². The SMILES string of the molecule is Cc1[nH]c2ccccc2c1C(=O)/C=C/c1cncs1. The molecular weight excluding hydrogens is 256 g/mol. The topological polar surface area (TPSA) is 45.8 Å². The maximum absolute atomic E-state index is 12.3. The number of allylic oxidation sites excluding steroid dienone is 1. The first-order valence-corrected chi connectivity index (χ1v) is 6.82. The molecule has 3 rings (SSSR count). The number of benzene rings is 1. The van der Waals surface area contributed by atoms with Gasteiger partial charge in [0.1, 0.15) is 0 Å². The lowest BCUT2D eigenvalue weighted by Crippen LogP contribution is -1.95. The highest BCUT2D eigenvalue weighted by Crippen LogP contribution is 2.23. The Balaban J connectivity index is 2.00. The number of H-pyrrole nitrogens is 1. The van der Waals surface area contributed by atoms with Crippen LogP contribution in [0.15, 0.2) is 42.0 Å². The number of ketones is 1. The van der Waals surface area contributed by atoms with E-state index in [9.17, 15) is 4.79 Å². The maximum atomic E-state index is 12.3. The lowest BCUT2D eigenvalue weighted by atomic mass is 10.1. The summed E-state index contributed by atoms with van der Waals surface area (Å²) in [5, 5.41) is 0.971. The average molecular weight is 268 g/mol. The van der Waals surface area contributed by atoms with Gasteiger partial charge in [0.2, 0.25) is 0 Å². The number of fused-ring (bicyclic) bond motifs is 1. The molecular formula is C15H12N2OS. The van der Waals surface area contributed by atoms with Crippen LogP contribution < -0.4 is 0 Å². The number of hydrogen-bond acceptors (Lipinski definition) is 3. The number of para-hydroxylation sites is 1. The van der Waals surface area contributed by atoms with Crippen molar-refractivity contribution in [2.75, 3.05) is 0 Å². The van der Waals surface area contributed by atoms with Crippen molar-refractivity contribution in [2.24, 2.45) is 0 Å². The van der Waals surface area contributed by atoms with Gasteiger partial charge in [0, 0.05) is 27.7 Å². The van der Waals surface area contributed by atoms with Crippen LogP contribution in [0.3, 0.4) is 0 Å². The van der Waals surface area contributed by atoms with E-state index in [1.807, 2.05) is 31.2 Å². The predicted molar refractivity (Wildman–Crippen MR) is 78.5 cm³/mol. The summed E-state index contributed by atoms with van der Waals surface area (Å²) < 4.78 is 0. The third-order valence-corrected chi connectivity index (χ3v) is 3.73. The Morgan fingerprint density at radius 1 is 1.37 bits per heavy atom. The second kappa shape index (κ2) is 4.82. The van der Waals surface area contributed by atoms with E-state index in [4.69, 9.17) is 0 Å². The number of carbonyl (C=O) groups excluding carboxylic acids is 1. The Morgan fingerprint density at radius 3 is 3.00 bits per heavy atom. The smallest absolute Gasteiger partial charge is 0.188 e. The van der Waals surface area contributed by atoms with Crippen LogP contribution in [0.25, 0.3) is 17.0 Å². The maximum Gasteiger partial charge on any atom is 0.188 e. The first-order valence-electron chi connectivity index (χ1n) is 5.94. The fourth-order valence-corrected chi connectivity index (χ4v) is 2.65. The third-order valence-electron chi connectivity index (χ3n) is 2.99. The first-order chi connectivity index (χ1) is 9.25. The average Bonchev–Trinajstić information content (AvgIpc) is 3.02. The van der Waals surface area contributed by atoms with Crippen molar-refractivity contribution in [1.82, 2.24) is 9.97 Å². The number of aryl methyl sites for hydroxylation is 1. The molecule has 3 aromatic rings. The molecule has 19 heavy (non-hydrogen) atoms. The van der Waals surface area contributed by atoms with Crippen molar-refractivity contribution < 1.29 is 4.79 Å². The van der Waals surface area contributed by atoms with Crippen LogP contribution in [0.4, 0.5) is 0 Å². The van der Waals surface area contributed by atoms with Gasteiger partial charge in [-0.1, -0.05) is 18.2 Å². The van der Waals surface area contributed by atoms with Crippen molar-refractivity contribution in [1.29, 1.82) is 0 Å². The van der Waals surface area contributed by atoms with E-state index >= 15 is 0 Å². The van der Waals surface area contributed by atoms with Crippen molar-refractivity contribution in [3.8, 4) is 0 Å². The number of aromatic nitrogens is 2. The van der Waals surface area contributed by atoms with E-state index < -0.39 is 0 Å². The molecule has 0 saturated carbocycles. The van der Waals surface area contributed by atoms with Gasteiger partial charge in [0.15, 0.2) is 5.78 Å². The van der Waals surface area contributed by atoms with Crippen LogP contribution >= 0.6 is 11.3 Å². The summed E-state index contributed by atoms with van der Waals surface area (Å²) in [5.74, 6) is 0.0170. The second-order valence-electron chi connectivity index (χ2n) is 4.27. The number of rotatable bonds is 3. The van der Waals surface area contributed by atoms with Gasteiger partial charge in [-0.3, -0.25) is 9.78 Å². The largest absolute Gasteiger partial charge is 0.358 e. The van der Waals surface area contributed by atoms with Crippen molar-refractivity contribution >= 4 is 34.1 Å². The molecule has 0 radical (unpaired) electrons. The predicted octanol–water partition coefficient (Wildman–Crippen LogP) is 3.83. The number of nitrogens with one attached hydrogen (secondary N) is 1. The van der Waals surface area contributed by atoms with Gasteiger partial charge in [-0.25, -0.2) is 0 Å². The molecule has 0 saturated heterocycles. The van der Waals surface area contributed by atoms with Crippen molar-refractivity contribution in [2.45, 2.75) is 6.92 Å². The van der Waals surface area contributed by atoms with Crippen LogP contribution in [0, 0.1) is 6.92 Å². The minimum absolute atomic E-state index is 0.0170. The van der Waals surface area contributed by atoms with E-state index in [1.165, 1.54) is 11.3 Å². The van der Waals surface area contributed by atoms with E-state index in [-0.39, 0.29) is 5.78 Å². The molecule has 0 bridgehead atoms. The molecule has 0 unspecified atom stereocenters. The van der Waals surface area contributed by atoms with Gasteiger partial charge >= 0.3 is 0 Å². The Morgan fingerprint density at radius 2 is 2.21 bits per heavy atom. The summed E-state index contributed by atoms with van der Waals surface area (Å²) in [5.41, 5.74) is 4.40. The minimum atomic E-state index is 0.0170. The highest BCUT2D eigenvalue weighted by molar-refractivity contribution is 7.10. The van der Waals surface area contributed by atoms with Gasteiger partial charge in [0.05, 0.1) is 11.1 Å². The molecule has 0 spiro atoms. The second-order valence-corrected chi connectivity index (χ2v) is 5.19. The van der Waals surface area contributed by atoms with Crippen LogP contribution in [-0.4, -0.2) is 15.8 Å². The minimum Gasteiger partial charge on any atom is -0.358 e. The highest BCUT2D eigenvalue weighted by Gasteiger charge is 2.13. The molecule has 0 aliphatic rings. The molecule has 1 N–H and O–H groups in total. The molecule has 0 fully saturated rings. The lowest BCUT2D eigenvalue weighted by molar-refractivity contribution is 0.104. The van der Waals surface area contributed by atoms with E-state index in [2.05, 4.69) is 9.97 Å². The molecule has 0 atom stereocenters. The van der Waals surface area contributed by atoms with Gasteiger partial charge in [-0.2, -0.15) is 0 Å². The molecule has 1 aromatic carbocycles. The zero-order valence-corrected chi connectivity index (χ0v) is 11.2. The fourth-order valence-electron chi connectivity index (χ4n) is 2.14. The summed E-state index contributed by atoms with van der Waals surface area (Å²) >= 11 is 1.51. The summed E-state index contributed by atoms with van der Waals surface area (Å²) in [7, 11) is 0. The summed E-state index contributed by atoms with van der Waals surface area (Å²) in [6.07, 6.45) is 5.16. The Bertz CT molecular complexity index is 754. The monoisotopic (exact) mass is 268 g/mol.